The van der Waals surface area contributed by atoms with Gasteiger partial charge < -0.3 is 0 Å². The van der Waals surface area contributed by atoms with Crippen molar-refractivity contribution < 1.29 is 19.4 Å². The number of carbonyl (C=O) groups excluding carboxylic acids is 2. The van der Waals surface area contributed by atoms with E-state index in [0.717, 1.165) is 0 Å². The Labute approximate surface area is 124 Å². The normalized spacial score (nSPS) is 9.09. The van der Waals surface area contributed by atoms with Crippen LogP contribution in [0, 0.1) is 20.2 Å². The molecule has 8 heteroatoms. The van der Waals surface area contributed by atoms with E-state index in [4.69, 9.17) is 0 Å². The average Bonchev–Trinajstić information content (AvgIpc) is 2.55. The van der Waals surface area contributed by atoms with Gasteiger partial charge in [0.1, 0.15) is 12.6 Å². The third-order valence-corrected chi connectivity index (χ3v) is 2.43. The Hall–Kier alpha value is -3.42. The molecule has 0 aromatic heterocycles. The fraction of sp³-hybridized carbons (Fsp3) is 0. The summed E-state index contributed by atoms with van der Waals surface area (Å²) < 4.78 is 0. The van der Waals surface area contributed by atoms with Crippen LogP contribution in [0.5, 0.6) is 0 Å². The van der Waals surface area contributed by atoms with Gasteiger partial charge in [-0.25, -0.2) is 0 Å². The molecule has 0 fully saturated rings. The van der Waals surface area contributed by atoms with Gasteiger partial charge in [0, 0.05) is 35.4 Å². The number of benzene rings is 2. The molecule has 0 aliphatic carbocycles. The highest BCUT2D eigenvalue weighted by Gasteiger charge is 2.04. The lowest BCUT2D eigenvalue weighted by Gasteiger charge is -1.90. The van der Waals surface area contributed by atoms with Crippen LogP contribution in [0.1, 0.15) is 20.7 Å². The summed E-state index contributed by atoms with van der Waals surface area (Å²) in [5.41, 5.74) is 0.516. The molecule has 22 heavy (non-hydrogen) atoms. The Balaban J connectivity index is 0.000000220. The van der Waals surface area contributed by atoms with Crippen molar-refractivity contribution in [1.82, 2.24) is 0 Å². The monoisotopic (exact) mass is 302 g/mol. The molecule has 0 radical (unpaired) electrons. The lowest BCUT2D eigenvalue weighted by Crippen LogP contribution is -1.88. The standard InChI is InChI=1S/2C7H5NO3/c2*9-5-6-2-1-3-7(4-6)8(10)11/h2*1-5H. The number of carbonyl (C=O) groups is 2. The minimum atomic E-state index is -0.535. The zero-order valence-corrected chi connectivity index (χ0v) is 11.1. The van der Waals surface area contributed by atoms with E-state index in [9.17, 15) is 29.8 Å². The number of rotatable bonds is 4. The second-order valence-corrected chi connectivity index (χ2v) is 3.94. The van der Waals surface area contributed by atoms with Crippen LogP contribution in [0.3, 0.4) is 0 Å². The van der Waals surface area contributed by atoms with Crippen LogP contribution in [-0.4, -0.2) is 22.4 Å². The van der Waals surface area contributed by atoms with E-state index in [1.54, 1.807) is 0 Å². The lowest BCUT2D eigenvalue weighted by atomic mass is 10.2. The van der Waals surface area contributed by atoms with Crippen LogP contribution < -0.4 is 0 Å². The molecule has 0 atom stereocenters. The van der Waals surface area contributed by atoms with E-state index in [1.165, 1.54) is 48.5 Å². The maximum Gasteiger partial charge on any atom is 0.270 e. The molecule has 0 spiro atoms. The summed E-state index contributed by atoms with van der Waals surface area (Å²) in [6.45, 7) is 0. The van der Waals surface area contributed by atoms with Crippen molar-refractivity contribution >= 4 is 23.9 Å². The van der Waals surface area contributed by atoms with Gasteiger partial charge in [-0.1, -0.05) is 24.3 Å². The molecule has 0 unspecified atom stereocenters. The van der Waals surface area contributed by atoms with Crippen molar-refractivity contribution in [3.05, 3.63) is 79.9 Å². The molecule has 0 saturated heterocycles. The highest BCUT2D eigenvalue weighted by molar-refractivity contribution is 5.76. The number of nitro groups is 2. The third kappa shape index (κ3) is 4.93. The van der Waals surface area contributed by atoms with Gasteiger partial charge in [-0.05, 0) is 0 Å². The molecule has 2 rings (SSSR count). The predicted octanol–water partition coefficient (Wildman–Crippen LogP) is 2.81. The molecule has 8 nitrogen and oxygen atoms in total. The second-order valence-electron chi connectivity index (χ2n) is 3.94. The van der Waals surface area contributed by atoms with Crippen molar-refractivity contribution in [2.24, 2.45) is 0 Å². The van der Waals surface area contributed by atoms with Crippen LogP contribution >= 0.6 is 0 Å². The number of hydrogen-bond acceptors (Lipinski definition) is 6. The largest absolute Gasteiger partial charge is 0.298 e. The second kappa shape index (κ2) is 8.00. The first-order chi connectivity index (χ1) is 10.5. The Bertz CT molecular complexity index is 652. The molecule has 2 aromatic carbocycles. The van der Waals surface area contributed by atoms with Crippen molar-refractivity contribution in [2.75, 3.05) is 0 Å². The van der Waals surface area contributed by atoms with E-state index in [2.05, 4.69) is 0 Å². The highest BCUT2D eigenvalue weighted by Crippen LogP contribution is 2.11. The number of aldehydes is 2. The molecule has 0 aliphatic heterocycles. The molecule has 0 amide bonds. The van der Waals surface area contributed by atoms with Crippen LogP contribution in [0.15, 0.2) is 48.5 Å². The van der Waals surface area contributed by atoms with Gasteiger partial charge >= 0.3 is 0 Å². The third-order valence-electron chi connectivity index (χ3n) is 2.43. The van der Waals surface area contributed by atoms with Gasteiger partial charge in [-0.15, -0.1) is 0 Å². The minimum absolute atomic E-state index is 0.0606. The molecule has 0 saturated carbocycles. The molecule has 0 bridgehead atoms. The maximum atomic E-state index is 10.2. The summed E-state index contributed by atoms with van der Waals surface area (Å²) in [7, 11) is 0. The average molecular weight is 302 g/mol. The molecular weight excluding hydrogens is 292 g/mol. The van der Waals surface area contributed by atoms with E-state index < -0.39 is 9.85 Å². The van der Waals surface area contributed by atoms with E-state index in [0.29, 0.717) is 23.7 Å². The first kappa shape index (κ1) is 16.6. The molecule has 0 N–H and O–H groups in total. The Kier molecular flexibility index (Phi) is 6.05. The van der Waals surface area contributed by atoms with E-state index in [1.807, 2.05) is 0 Å². The summed E-state index contributed by atoms with van der Waals surface area (Å²) >= 11 is 0. The van der Waals surface area contributed by atoms with Crippen LogP contribution in [0.2, 0.25) is 0 Å². The molecule has 2 aromatic rings. The van der Waals surface area contributed by atoms with Gasteiger partial charge in [0.25, 0.3) is 11.4 Å². The number of non-ortho nitro benzene ring substituents is 2. The first-order valence-corrected chi connectivity index (χ1v) is 5.87. The molecule has 0 aliphatic rings. The summed E-state index contributed by atoms with van der Waals surface area (Å²) in [5.74, 6) is 0. The SMILES string of the molecule is O=Cc1cccc([N+](=O)[O-])c1.O=Cc1cccc([N+](=O)[O-])c1. The topological polar surface area (TPSA) is 120 Å². The molecular formula is C14H10N2O6. The molecule has 0 heterocycles. The van der Waals surface area contributed by atoms with Gasteiger partial charge in [-0.3, -0.25) is 29.8 Å². The summed E-state index contributed by atoms with van der Waals surface area (Å²) in [5, 5.41) is 20.3. The quantitative estimate of drug-likeness (QED) is 0.486. The summed E-state index contributed by atoms with van der Waals surface area (Å²) in [6.07, 6.45) is 1.15. The summed E-state index contributed by atoms with van der Waals surface area (Å²) in [4.78, 5) is 39.6. The van der Waals surface area contributed by atoms with Crippen LogP contribution in [-0.2, 0) is 0 Å². The fourth-order valence-electron chi connectivity index (χ4n) is 1.42. The van der Waals surface area contributed by atoms with Gasteiger partial charge in [0.2, 0.25) is 0 Å². The molecule has 112 valence electrons. The first-order valence-electron chi connectivity index (χ1n) is 5.87. The highest BCUT2D eigenvalue weighted by atomic mass is 16.6. The van der Waals surface area contributed by atoms with Gasteiger partial charge in [-0.2, -0.15) is 0 Å². The minimum Gasteiger partial charge on any atom is -0.298 e. The Morgan fingerprint density at radius 2 is 1.09 bits per heavy atom. The van der Waals surface area contributed by atoms with Crippen LogP contribution in [0.25, 0.3) is 0 Å². The number of nitrogens with zero attached hydrogens (tertiary/aromatic N) is 2. The Morgan fingerprint density at radius 3 is 1.36 bits per heavy atom. The van der Waals surface area contributed by atoms with Gasteiger partial charge in [0.05, 0.1) is 9.85 Å². The lowest BCUT2D eigenvalue weighted by molar-refractivity contribution is -0.385. The maximum absolute atomic E-state index is 10.2. The smallest absolute Gasteiger partial charge is 0.270 e. The van der Waals surface area contributed by atoms with Crippen molar-refractivity contribution in [2.45, 2.75) is 0 Å². The van der Waals surface area contributed by atoms with Crippen LogP contribution in [0.4, 0.5) is 11.4 Å². The number of nitro benzene ring substituents is 2. The van der Waals surface area contributed by atoms with E-state index in [-0.39, 0.29) is 11.4 Å². The number of hydrogen-bond donors (Lipinski definition) is 0. The summed E-state index contributed by atoms with van der Waals surface area (Å²) in [6, 6.07) is 11.1. The van der Waals surface area contributed by atoms with Gasteiger partial charge in [0.15, 0.2) is 0 Å². The van der Waals surface area contributed by atoms with Crippen molar-refractivity contribution in [3.63, 3.8) is 0 Å². The Morgan fingerprint density at radius 1 is 0.727 bits per heavy atom. The van der Waals surface area contributed by atoms with Crippen molar-refractivity contribution in [3.8, 4) is 0 Å². The fourth-order valence-corrected chi connectivity index (χ4v) is 1.42. The van der Waals surface area contributed by atoms with E-state index >= 15 is 0 Å². The predicted molar refractivity (Wildman–Crippen MR) is 77.0 cm³/mol. The van der Waals surface area contributed by atoms with Crippen molar-refractivity contribution in [1.29, 1.82) is 0 Å². The zero-order valence-electron chi connectivity index (χ0n) is 11.1. The zero-order chi connectivity index (χ0) is 16.5.